The first-order valence-corrected chi connectivity index (χ1v) is 8.20. The summed E-state index contributed by atoms with van der Waals surface area (Å²) in [6.07, 6.45) is -9.79. The SMILES string of the molecule is FC(F)(F)C(F)(F)C(F)(F)C(F)(F)C(F)(F)C(F)(F)CC[S+](Cl)Cl. The molecule has 0 nitrogen and oxygen atoms in total. The van der Waals surface area contributed by atoms with E-state index in [0.29, 0.717) is 0 Å². The molecule has 0 spiro atoms. The van der Waals surface area contributed by atoms with Crippen LogP contribution in [0.25, 0.3) is 0 Å². The summed E-state index contributed by atoms with van der Waals surface area (Å²) in [5, 5.41) is 0. The lowest BCUT2D eigenvalue weighted by molar-refractivity contribution is -0.439. The van der Waals surface area contributed by atoms with Crippen LogP contribution in [-0.2, 0) is 9.32 Å². The molecule has 0 heterocycles. The van der Waals surface area contributed by atoms with E-state index in [0.717, 1.165) is 0 Å². The Hall–Kier alpha value is 0.0200. The van der Waals surface area contributed by atoms with Gasteiger partial charge in [-0.1, -0.05) is 0 Å². The van der Waals surface area contributed by atoms with Crippen LogP contribution in [0.2, 0.25) is 0 Å². The number of rotatable bonds is 7. The van der Waals surface area contributed by atoms with E-state index in [-0.39, 0.29) is 0 Å². The average molecular weight is 450 g/mol. The molecule has 0 unspecified atom stereocenters. The minimum atomic E-state index is -7.88. The van der Waals surface area contributed by atoms with Gasteiger partial charge in [0.15, 0.2) is 27.1 Å². The summed E-state index contributed by atoms with van der Waals surface area (Å²) in [7, 11) is 7.66. The summed E-state index contributed by atoms with van der Waals surface area (Å²) in [5.74, 6) is -38.1. The van der Waals surface area contributed by atoms with Crippen molar-refractivity contribution in [2.75, 3.05) is 5.75 Å². The number of hydrogen-bond acceptors (Lipinski definition) is 0. The predicted molar refractivity (Wildman–Crippen MR) is 59.3 cm³/mol. The monoisotopic (exact) mass is 449 g/mol. The van der Waals surface area contributed by atoms with Gasteiger partial charge in [-0.25, -0.2) is 0 Å². The zero-order chi connectivity index (χ0) is 20.0. The molecule has 0 aliphatic rings. The average Bonchev–Trinajstić information content (AvgIpc) is 2.34. The smallest absolute Gasteiger partial charge is 0.199 e. The van der Waals surface area contributed by atoms with Crippen LogP contribution in [0.4, 0.5) is 57.1 Å². The molecule has 0 aliphatic carbocycles. The summed E-state index contributed by atoms with van der Waals surface area (Å²) in [4.78, 5) is 0. The molecule has 24 heavy (non-hydrogen) atoms. The largest absolute Gasteiger partial charge is 0.460 e. The molecule has 0 aromatic carbocycles. The number of alkyl halides is 13. The van der Waals surface area contributed by atoms with Crippen molar-refractivity contribution in [1.82, 2.24) is 0 Å². The van der Waals surface area contributed by atoms with Crippen molar-refractivity contribution in [2.24, 2.45) is 0 Å². The zero-order valence-corrected chi connectivity index (χ0v) is 12.8. The highest BCUT2D eigenvalue weighted by Crippen LogP contribution is 2.60. The molecule has 0 fully saturated rings. The second-order valence-corrected chi connectivity index (χ2v) is 7.90. The highest BCUT2D eigenvalue weighted by molar-refractivity contribution is 8.35. The molecule has 0 bridgehead atoms. The van der Waals surface area contributed by atoms with Crippen molar-refractivity contribution < 1.29 is 57.1 Å². The molecule has 0 aromatic rings. The van der Waals surface area contributed by atoms with Gasteiger partial charge in [0.2, 0.25) is 9.32 Å². The predicted octanol–water partition coefficient (Wildman–Crippen LogP) is 6.04. The van der Waals surface area contributed by atoms with Gasteiger partial charge in [0, 0.05) is 0 Å². The number of halogens is 15. The van der Waals surface area contributed by atoms with E-state index in [1.54, 1.807) is 0 Å². The van der Waals surface area contributed by atoms with Gasteiger partial charge in [0.25, 0.3) is 0 Å². The first-order valence-electron chi connectivity index (χ1n) is 5.16. The molecule has 16 heteroatoms. The van der Waals surface area contributed by atoms with Crippen molar-refractivity contribution >= 4 is 30.7 Å². The van der Waals surface area contributed by atoms with Crippen LogP contribution in [0.15, 0.2) is 0 Å². The molecule has 0 N–H and O–H groups in total. The molecular weight excluding hydrogens is 446 g/mol. The van der Waals surface area contributed by atoms with Gasteiger partial charge in [-0.2, -0.15) is 57.1 Å². The summed E-state index contributed by atoms with van der Waals surface area (Å²) >= 11 is 0. The van der Waals surface area contributed by atoms with E-state index in [9.17, 15) is 57.1 Å². The van der Waals surface area contributed by atoms with E-state index in [4.69, 9.17) is 21.4 Å². The summed E-state index contributed by atoms with van der Waals surface area (Å²) in [6.45, 7) is 0. The van der Waals surface area contributed by atoms with Crippen molar-refractivity contribution in [1.29, 1.82) is 0 Å². The third kappa shape index (κ3) is 3.74. The first-order chi connectivity index (χ1) is 10.2. The molecule has 0 amide bonds. The van der Waals surface area contributed by atoms with E-state index in [1.165, 1.54) is 0 Å². The summed E-state index contributed by atoms with van der Waals surface area (Å²) in [5.41, 5.74) is 0. The van der Waals surface area contributed by atoms with E-state index >= 15 is 0 Å². The molecule has 0 saturated carbocycles. The molecule has 0 saturated heterocycles. The maximum absolute atomic E-state index is 13.1. The second kappa shape index (κ2) is 6.63. The maximum Gasteiger partial charge on any atom is 0.460 e. The minimum Gasteiger partial charge on any atom is -0.199 e. The first kappa shape index (κ1) is 24.0. The topological polar surface area (TPSA) is 0 Å². The Morgan fingerprint density at radius 2 is 0.875 bits per heavy atom. The Balaban J connectivity index is 6.01. The quantitative estimate of drug-likeness (QED) is 0.328. The van der Waals surface area contributed by atoms with Crippen LogP contribution in [0.5, 0.6) is 0 Å². The molecule has 0 rings (SSSR count). The highest BCUT2D eigenvalue weighted by atomic mass is 36.0. The Labute approximate surface area is 136 Å². The molecule has 0 aromatic heterocycles. The lowest BCUT2D eigenvalue weighted by Crippen LogP contribution is -2.70. The Bertz CT molecular complexity index is 444. The lowest BCUT2D eigenvalue weighted by atomic mass is 9.93. The second-order valence-electron chi connectivity index (χ2n) is 4.23. The Morgan fingerprint density at radius 1 is 0.542 bits per heavy atom. The van der Waals surface area contributed by atoms with Crippen LogP contribution in [0.3, 0.4) is 0 Å². The van der Waals surface area contributed by atoms with E-state index < -0.39 is 57.3 Å². The fourth-order valence-corrected chi connectivity index (χ4v) is 2.04. The molecule has 0 atom stereocenters. The highest BCUT2D eigenvalue weighted by Gasteiger charge is 2.90. The van der Waals surface area contributed by atoms with Crippen molar-refractivity contribution in [2.45, 2.75) is 42.2 Å². The normalized spacial score (nSPS) is 16.0. The fraction of sp³-hybridized carbons (Fsp3) is 1.00. The van der Waals surface area contributed by atoms with Gasteiger partial charge < -0.3 is 0 Å². The van der Waals surface area contributed by atoms with Crippen LogP contribution in [0.1, 0.15) is 6.42 Å². The Morgan fingerprint density at radius 3 is 1.17 bits per heavy atom. The third-order valence-corrected chi connectivity index (χ3v) is 4.01. The van der Waals surface area contributed by atoms with Crippen LogP contribution in [-0.4, -0.2) is 41.5 Å². The van der Waals surface area contributed by atoms with Crippen LogP contribution < -0.4 is 0 Å². The standard InChI is InChI=1S/C8H4Cl2F13S/c9-24(10)2-1-3(11,12)4(13,14)5(15,16)6(17,18)7(19,20)8(21,22)23/h1-2H2/q+1. The van der Waals surface area contributed by atoms with Crippen LogP contribution >= 0.6 is 21.4 Å². The molecule has 0 radical (unpaired) electrons. The van der Waals surface area contributed by atoms with E-state index in [2.05, 4.69) is 0 Å². The molecular formula is C8H4Cl2F13S+. The number of hydrogen-bond donors (Lipinski definition) is 0. The lowest BCUT2D eigenvalue weighted by Gasteiger charge is -2.39. The van der Waals surface area contributed by atoms with Gasteiger partial charge in [-0.05, 0) is 0 Å². The fourth-order valence-electron chi connectivity index (χ4n) is 1.16. The molecule has 146 valence electrons. The van der Waals surface area contributed by atoms with Crippen molar-refractivity contribution in [3.63, 3.8) is 0 Å². The maximum atomic E-state index is 13.1. The molecule has 0 aliphatic heterocycles. The third-order valence-electron chi connectivity index (χ3n) is 2.57. The Kier molecular flexibility index (Phi) is 6.64. The van der Waals surface area contributed by atoms with Crippen LogP contribution in [0, 0.1) is 0 Å². The summed E-state index contributed by atoms with van der Waals surface area (Å²) in [6, 6.07) is 0. The van der Waals surface area contributed by atoms with E-state index in [1.807, 2.05) is 0 Å². The van der Waals surface area contributed by atoms with Gasteiger partial charge in [-0.15, -0.1) is 0 Å². The van der Waals surface area contributed by atoms with Gasteiger partial charge in [-0.3, -0.25) is 0 Å². The van der Waals surface area contributed by atoms with Gasteiger partial charge in [0.05, 0.1) is 6.42 Å². The van der Waals surface area contributed by atoms with Gasteiger partial charge in [0.1, 0.15) is 0 Å². The summed E-state index contributed by atoms with van der Waals surface area (Å²) < 4.78 is 164. The van der Waals surface area contributed by atoms with Crippen molar-refractivity contribution in [3.8, 4) is 0 Å². The zero-order valence-electron chi connectivity index (χ0n) is 10.5. The van der Waals surface area contributed by atoms with Crippen molar-refractivity contribution in [3.05, 3.63) is 0 Å². The minimum absolute atomic E-state index is 1.34. The van der Waals surface area contributed by atoms with Gasteiger partial charge >= 0.3 is 35.8 Å².